The molecular weight excluding hydrogens is 820 g/mol. The first-order valence-electron chi connectivity index (χ1n) is 21.8. The first-order valence-corrected chi connectivity index (χ1v) is 22.9. The van der Waals surface area contributed by atoms with Crippen LogP contribution in [0.5, 0.6) is 11.5 Å². The summed E-state index contributed by atoms with van der Waals surface area (Å²) in [5.74, 6) is 1.59. The fourth-order valence-corrected chi connectivity index (χ4v) is 12.5. The lowest BCUT2D eigenvalue weighted by atomic mass is 9.80. The summed E-state index contributed by atoms with van der Waals surface area (Å²) in [7, 11) is 3.57. The van der Waals surface area contributed by atoms with E-state index >= 15 is 0 Å². The lowest BCUT2D eigenvalue weighted by molar-refractivity contribution is -0.108. The highest BCUT2D eigenvalue weighted by Gasteiger charge is 2.60. The van der Waals surface area contributed by atoms with Crippen molar-refractivity contribution < 1.29 is 37.5 Å². The molecule has 1 aliphatic carbocycles. The number of rotatable bonds is 13. The van der Waals surface area contributed by atoms with Gasteiger partial charge in [0.1, 0.15) is 47.6 Å². The van der Waals surface area contributed by atoms with Gasteiger partial charge in [-0.3, -0.25) is 9.79 Å². The van der Waals surface area contributed by atoms with Gasteiger partial charge in [-0.25, -0.2) is 14.7 Å². The maximum Gasteiger partial charge on any atom is 0.260 e. The highest BCUT2D eigenvalue weighted by molar-refractivity contribution is 7.45. The Balaban J connectivity index is 0.998. The largest absolute Gasteiger partial charge is 0.497 e. The monoisotopic (exact) mass is 872 g/mol. The van der Waals surface area contributed by atoms with Gasteiger partial charge in [-0.15, -0.1) is 0 Å². The Labute approximate surface area is 369 Å². The van der Waals surface area contributed by atoms with Crippen molar-refractivity contribution in [2.24, 2.45) is 15.0 Å². The summed E-state index contributed by atoms with van der Waals surface area (Å²) in [6, 6.07) is 35.0. The van der Waals surface area contributed by atoms with Crippen molar-refractivity contribution in [3.63, 3.8) is 0 Å². The van der Waals surface area contributed by atoms with Crippen molar-refractivity contribution in [2.45, 2.75) is 92.5 Å². The van der Waals surface area contributed by atoms with Gasteiger partial charge in [0.2, 0.25) is 0 Å². The van der Waals surface area contributed by atoms with Crippen molar-refractivity contribution in [1.29, 1.82) is 0 Å². The number of fused-ring (bicyclic) bond motifs is 3. The minimum Gasteiger partial charge on any atom is -0.497 e. The number of methoxy groups -OCH3 is 3. The van der Waals surface area contributed by atoms with Crippen molar-refractivity contribution >= 4 is 32.9 Å². The quantitative estimate of drug-likeness (QED) is 0.110. The molecular formula is C48H53N6O8P. The third-order valence-electron chi connectivity index (χ3n) is 13.4. The van der Waals surface area contributed by atoms with Crippen LogP contribution in [0.1, 0.15) is 65.6 Å². The zero-order chi connectivity index (χ0) is 43.0. The molecule has 4 aromatic rings. The first-order chi connectivity index (χ1) is 30.9. The Bertz CT molecular complexity index is 2270. The molecule has 1 amide bonds. The fourth-order valence-electron chi connectivity index (χ4n) is 10.2. The van der Waals surface area contributed by atoms with Crippen LogP contribution >= 0.6 is 8.53 Å². The molecule has 6 aliphatic rings. The lowest BCUT2D eigenvalue weighted by Crippen LogP contribution is -2.53. The predicted octanol–water partition coefficient (Wildman–Crippen LogP) is 7.08. The van der Waals surface area contributed by atoms with E-state index in [1.54, 1.807) is 39.8 Å². The second-order valence-electron chi connectivity index (χ2n) is 16.7. The minimum atomic E-state index is -1.44. The van der Waals surface area contributed by atoms with Crippen LogP contribution in [0, 0.1) is 0 Å². The smallest absolute Gasteiger partial charge is 0.260 e. The van der Waals surface area contributed by atoms with Gasteiger partial charge >= 0.3 is 0 Å². The van der Waals surface area contributed by atoms with E-state index in [1.165, 1.54) is 6.34 Å². The normalized spacial score (nSPS) is 28.3. The Kier molecular flexibility index (Phi) is 11.9. The average Bonchev–Trinajstić information content (AvgIpc) is 4.19. The number of nitrogens with zero attached hydrogens (tertiary/aromatic N) is 5. The molecule has 10 rings (SSSR count). The van der Waals surface area contributed by atoms with E-state index in [9.17, 15) is 4.79 Å². The predicted molar refractivity (Wildman–Crippen MR) is 239 cm³/mol. The molecule has 63 heavy (non-hydrogen) atoms. The van der Waals surface area contributed by atoms with E-state index in [0.29, 0.717) is 17.4 Å². The molecule has 3 saturated heterocycles. The number of aliphatic imine (C=N–C) groups is 3. The summed E-state index contributed by atoms with van der Waals surface area (Å²) in [6.07, 6.45) is 6.68. The Morgan fingerprint density at radius 2 is 1.48 bits per heavy atom. The molecule has 5 aliphatic heterocycles. The van der Waals surface area contributed by atoms with Crippen molar-refractivity contribution in [3.05, 3.63) is 131 Å². The number of ether oxygens (including phenoxy) is 5. The van der Waals surface area contributed by atoms with Crippen LogP contribution in [-0.2, 0) is 28.9 Å². The van der Waals surface area contributed by atoms with Crippen LogP contribution in [-0.4, -0.2) is 117 Å². The summed E-state index contributed by atoms with van der Waals surface area (Å²) >= 11 is 0. The summed E-state index contributed by atoms with van der Waals surface area (Å²) in [5, 5.41) is 2.98. The molecule has 328 valence electrons. The maximum absolute atomic E-state index is 13.3. The molecule has 8 atom stereocenters. The van der Waals surface area contributed by atoms with Crippen molar-refractivity contribution in [2.75, 3.05) is 34.5 Å². The molecule has 1 spiro atoms. The first kappa shape index (κ1) is 41.9. The van der Waals surface area contributed by atoms with E-state index in [4.69, 9.17) is 42.7 Å². The van der Waals surface area contributed by atoms with Gasteiger partial charge in [0.05, 0.1) is 32.8 Å². The minimum absolute atomic E-state index is 0.105. The van der Waals surface area contributed by atoms with Gasteiger partial charge in [-0.1, -0.05) is 85.6 Å². The van der Waals surface area contributed by atoms with Crippen LogP contribution in [0.2, 0.25) is 0 Å². The molecule has 1 saturated carbocycles. The SMILES string of the molecule is COc1ccc(C(OC[C@H]2O[C@@H](N3C=NC4C(NC(=O)c5ccccc5)=NC=NC43)[C@H](OC)[C@@H]2O[P@]2OC3(CCCC3)[C@@H]3CCCN32)(c2ccccc2)c2ccc(OC)cc2)cc1. The van der Waals surface area contributed by atoms with Gasteiger partial charge < -0.3 is 42.9 Å². The van der Waals surface area contributed by atoms with Gasteiger partial charge in [0, 0.05) is 25.3 Å². The highest BCUT2D eigenvalue weighted by Crippen LogP contribution is 2.65. The number of carbonyl (C=O) groups excluding carboxylic acids is 1. The lowest BCUT2D eigenvalue weighted by Gasteiger charge is -2.37. The molecule has 2 unspecified atom stereocenters. The molecule has 0 bridgehead atoms. The van der Waals surface area contributed by atoms with Crippen LogP contribution in [0.25, 0.3) is 0 Å². The standard InChI is InChI=1S/C48H53N6O8P/c1-56-36-22-18-34(19-23-36)48(33-15-8-5-9-16-33,35-20-24-37(57-2)25-21-35)59-29-38-41(61-63-54-28-12-17-39(54)47(62-63)26-10-11-27-47)42(58-3)46(60-38)53-31-51-40-43(49-30-50-44(40)53)52-45(55)32-13-6-4-7-14-32/h4-9,13-16,18-25,30-31,38-42,44,46H,10-12,17,26-29H2,1-3H3,(H,49,50,52,55)/t38-,39+,40?,41-,42-,44?,46-,63-/m1/s1. The Hall–Kier alpha value is -5.05. The number of carbonyl (C=O) groups is 1. The molecule has 0 aromatic heterocycles. The number of amides is 1. The van der Waals surface area contributed by atoms with E-state index < -0.39 is 50.9 Å². The third-order valence-corrected chi connectivity index (χ3v) is 15.2. The van der Waals surface area contributed by atoms with Crippen LogP contribution in [0.4, 0.5) is 0 Å². The topological polar surface area (TPSA) is 137 Å². The molecule has 5 heterocycles. The summed E-state index contributed by atoms with van der Waals surface area (Å²) in [5.41, 5.74) is 1.96. The van der Waals surface area contributed by atoms with Crippen molar-refractivity contribution in [1.82, 2.24) is 14.9 Å². The van der Waals surface area contributed by atoms with Gasteiger partial charge in [0.15, 0.2) is 18.4 Å². The average molecular weight is 873 g/mol. The van der Waals surface area contributed by atoms with E-state index in [1.807, 2.05) is 89.8 Å². The zero-order valence-corrected chi connectivity index (χ0v) is 36.6. The maximum atomic E-state index is 13.3. The molecule has 0 radical (unpaired) electrons. The fraction of sp³-hybridized carbons (Fsp3) is 0.417. The number of nitrogens with one attached hydrogen (secondary N) is 1. The number of hydrogen-bond donors (Lipinski definition) is 1. The summed E-state index contributed by atoms with van der Waals surface area (Å²) in [6.45, 7) is 1.03. The van der Waals surface area contributed by atoms with Crippen LogP contribution in [0.3, 0.4) is 0 Å². The molecule has 1 N–H and O–H groups in total. The number of amidine groups is 1. The second kappa shape index (κ2) is 17.8. The van der Waals surface area contributed by atoms with Gasteiger partial charge in [-0.05, 0) is 78.8 Å². The number of hydrogen-bond acceptors (Lipinski definition) is 13. The molecule has 15 heteroatoms. The Morgan fingerprint density at radius 3 is 2.13 bits per heavy atom. The zero-order valence-electron chi connectivity index (χ0n) is 35.7. The molecule has 4 aromatic carbocycles. The molecule has 4 fully saturated rings. The number of benzene rings is 4. The molecule has 14 nitrogen and oxygen atoms in total. The van der Waals surface area contributed by atoms with E-state index in [-0.39, 0.29) is 18.1 Å². The van der Waals surface area contributed by atoms with Crippen LogP contribution < -0.4 is 14.8 Å². The van der Waals surface area contributed by atoms with Gasteiger partial charge in [0.25, 0.3) is 14.4 Å². The second-order valence-corrected chi connectivity index (χ2v) is 18.1. The Morgan fingerprint density at radius 1 is 0.825 bits per heavy atom. The highest BCUT2D eigenvalue weighted by atomic mass is 31.2. The summed E-state index contributed by atoms with van der Waals surface area (Å²) < 4.78 is 49.1. The van der Waals surface area contributed by atoms with E-state index in [2.05, 4.69) is 27.1 Å². The van der Waals surface area contributed by atoms with Crippen molar-refractivity contribution in [3.8, 4) is 11.5 Å². The summed E-state index contributed by atoms with van der Waals surface area (Å²) in [4.78, 5) is 29.3. The van der Waals surface area contributed by atoms with Gasteiger partial charge in [-0.2, -0.15) is 0 Å². The van der Waals surface area contributed by atoms with E-state index in [0.717, 1.165) is 73.3 Å². The third kappa shape index (κ3) is 7.65. The van der Waals surface area contributed by atoms with Crippen LogP contribution in [0.15, 0.2) is 124 Å².